The van der Waals surface area contributed by atoms with E-state index in [0.29, 0.717) is 30.3 Å². The Kier molecular flexibility index (Phi) is 6.53. The second-order valence-electron chi connectivity index (χ2n) is 6.69. The van der Waals surface area contributed by atoms with Crippen LogP contribution in [0.15, 0.2) is 42.5 Å². The number of H-pyrrole nitrogens is 1. The maximum absolute atomic E-state index is 12.7. The molecule has 148 valence electrons. The lowest BCUT2D eigenvalue weighted by Gasteiger charge is -2.15. The maximum Gasteiger partial charge on any atom is 0.251 e. The Morgan fingerprint density at radius 2 is 1.79 bits per heavy atom. The zero-order valence-corrected chi connectivity index (χ0v) is 16.6. The Morgan fingerprint density at radius 1 is 1.07 bits per heavy atom. The first-order valence-electron chi connectivity index (χ1n) is 9.77. The Morgan fingerprint density at radius 3 is 2.50 bits per heavy atom. The topological polar surface area (TPSA) is 76.2 Å². The van der Waals surface area contributed by atoms with E-state index < -0.39 is 0 Å². The van der Waals surface area contributed by atoms with Crippen molar-refractivity contribution in [3.63, 3.8) is 0 Å². The number of imidazole rings is 1. The van der Waals surface area contributed by atoms with Crippen molar-refractivity contribution >= 4 is 16.9 Å². The van der Waals surface area contributed by atoms with E-state index in [2.05, 4.69) is 15.3 Å². The molecule has 1 heterocycles. The summed E-state index contributed by atoms with van der Waals surface area (Å²) in [5.74, 6) is 1.80. The van der Waals surface area contributed by atoms with Crippen LogP contribution in [-0.2, 0) is 0 Å². The SMILES string of the molecule is CCCOc1ccc(C(=O)N[C@@H](C)c2nc3ccccc3[nH]2)cc1OCCC. The zero-order valence-electron chi connectivity index (χ0n) is 16.6. The molecule has 0 aliphatic rings. The predicted octanol–water partition coefficient (Wildman–Crippen LogP) is 4.63. The summed E-state index contributed by atoms with van der Waals surface area (Å²) in [4.78, 5) is 20.5. The van der Waals surface area contributed by atoms with Crippen LogP contribution >= 0.6 is 0 Å². The molecule has 0 aliphatic carbocycles. The average Bonchev–Trinajstić information content (AvgIpc) is 3.15. The lowest BCUT2D eigenvalue weighted by Crippen LogP contribution is -2.27. The second-order valence-corrected chi connectivity index (χ2v) is 6.69. The quantitative estimate of drug-likeness (QED) is 0.566. The molecule has 6 heteroatoms. The Labute approximate surface area is 165 Å². The van der Waals surface area contributed by atoms with Gasteiger partial charge in [-0.25, -0.2) is 4.98 Å². The van der Waals surface area contributed by atoms with E-state index in [0.717, 1.165) is 29.7 Å². The van der Waals surface area contributed by atoms with Crippen molar-refractivity contribution in [3.8, 4) is 11.5 Å². The molecule has 6 nitrogen and oxygen atoms in total. The van der Waals surface area contributed by atoms with Crippen molar-refractivity contribution in [2.75, 3.05) is 13.2 Å². The van der Waals surface area contributed by atoms with Crippen LogP contribution in [0.4, 0.5) is 0 Å². The van der Waals surface area contributed by atoms with Crippen molar-refractivity contribution in [1.29, 1.82) is 0 Å². The van der Waals surface area contributed by atoms with Gasteiger partial charge in [0, 0.05) is 5.56 Å². The molecular weight excluding hydrogens is 354 g/mol. The number of para-hydroxylation sites is 2. The normalized spacial score (nSPS) is 12.0. The first-order chi connectivity index (χ1) is 13.6. The number of rotatable bonds is 9. The minimum absolute atomic E-state index is 0.184. The van der Waals surface area contributed by atoms with Crippen LogP contribution in [0, 0.1) is 0 Å². The standard InChI is InChI=1S/C22H27N3O3/c1-4-12-27-19-11-10-16(14-20(19)28-13-5-2)22(26)23-15(3)21-24-17-8-6-7-9-18(17)25-21/h6-11,14-15H,4-5,12-13H2,1-3H3,(H,23,26)(H,24,25)/t15-/m0/s1. The smallest absolute Gasteiger partial charge is 0.251 e. The van der Waals surface area contributed by atoms with Gasteiger partial charge in [-0.2, -0.15) is 0 Å². The van der Waals surface area contributed by atoms with Gasteiger partial charge in [-0.1, -0.05) is 26.0 Å². The third-order valence-corrected chi connectivity index (χ3v) is 4.29. The number of carbonyl (C=O) groups excluding carboxylic acids is 1. The van der Waals surface area contributed by atoms with Crippen LogP contribution in [0.5, 0.6) is 11.5 Å². The molecule has 3 rings (SSSR count). The highest BCUT2D eigenvalue weighted by molar-refractivity contribution is 5.95. The van der Waals surface area contributed by atoms with Crippen LogP contribution in [-0.4, -0.2) is 29.1 Å². The molecule has 0 saturated carbocycles. The summed E-state index contributed by atoms with van der Waals surface area (Å²) in [5, 5.41) is 2.99. The van der Waals surface area contributed by atoms with Gasteiger partial charge in [0.05, 0.1) is 30.3 Å². The van der Waals surface area contributed by atoms with E-state index in [1.54, 1.807) is 18.2 Å². The fourth-order valence-corrected chi connectivity index (χ4v) is 2.83. The molecule has 0 aliphatic heterocycles. The lowest BCUT2D eigenvalue weighted by molar-refractivity contribution is 0.0938. The predicted molar refractivity (Wildman–Crippen MR) is 110 cm³/mol. The first kappa shape index (κ1) is 19.7. The second kappa shape index (κ2) is 9.26. The maximum atomic E-state index is 12.7. The van der Waals surface area contributed by atoms with Gasteiger partial charge in [0.2, 0.25) is 0 Å². The van der Waals surface area contributed by atoms with Crippen LogP contribution in [0.3, 0.4) is 0 Å². The molecule has 2 N–H and O–H groups in total. The third-order valence-electron chi connectivity index (χ3n) is 4.29. The number of fused-ring (bicyclic) bond motifs is 1. The summed E-state index contributed by atoms with van der Waals surface area (Å²) in [6, 6.07) is 12.8. The van der Waals surface area contributed by atoms with E-state index in [1.807, 2.05) is 45.0 Å². The number of nitrogens with one attached hydrogen (secondary N) is 2. The van der Waals surface area contributed by atoms with Gasteiger partial charge in [-0.15, -0.1) is 0 Å². The molecular formula is C22H27N3O3. The fourth-order valence-electron chi connectivity index (χ4n) is 2.83. The number of carbonyl (C=O) groups is 1. The summed E-state index contributed by atoms with van der Waals surface area (Å²) >= 11 is 0. The van der Waals surface area contributed by atoms with Crippen LogP contribution < -0.4 is 14.8 Å². The van der Waals surface area contributed by atoms with Crippen molar-refractivity contribution in [2.24, 2.45) is 0 Å². The summed E-state index contributed by atoms with van der Waals surface area (Å²) in [7, 11) is 0. The highest BCUT2D eigenvalue weighted by Crippen LogP contribution is 2.29. The molecule has 0 bridgehead atoms. The monoisotopic (exact) mass is 381 g/mol. The van der Waals surface area contributed by atoms with Gasteiger partial charge in [0.25, 0.3) is 5.91 Å². The molecule has 0 spiro atoms. The molecule has 1 amide bonds. The molecule has 28 heavy (non-hydrogen) atoms. The minimum Gasteiger partial charge on any atom is -0.490 e. The van der Waals surface area contributed by atoms with E-state index in [1.165, 1.54) is 0 Å². The van der Waals surface area contributed by atoms with Gasteiger partial charge in [-0.3, -0.25) is 4.79 Å². The van der Waals surface area contributed by atoms with Gasteiger partial charge < -0.3 is 19.8 Å². The first-order valence-corrected chi connectivity index (χ1v) is 9.77. The number of hydrogen-bond acceptors (Lipinski definition) is 4. The fraction of sp³-hybridized carbons (Fsp3) is 0.364. The molecule has 1 aromatic heterocycles. The summed E-state index contributed by atoms with van der Waals surface area (Å²) < 4.78 is 11.5. The number of amides is 1. The molecule has 2 aromatic carbocycles. The number of aromatic nitrogens is 2. The van der Waals surface area contributed by atoms with Crippen molar-refractivity contribution in [2.45, 2.75) is 39.7 Å². The lowest BCUT2D eigenvalue weighted by atomic mass is 10.1. The number of ether oxygens (including phenoxy) is 2. The molecule has 1 atom stereocenters. The highest BCUT2D eigenvalue weighted by Gasteiger charge is 2.17. The van der Waals surface area contributed by atoms with Crippen molar-refractivity contribution in [1.82, 2.24) is 15.3 Å². The number of hydrogen-bond donors (Lipinski definition) is 2. The highest BCUT2D eigenvalue weighted by atomic mass is 16.5. The van der Waals surface area contributed by atoms with Gasteiger partial charge in [0.1, 0.15) is 5.82 Å². The molecule has 3 aromatic rings. The number of aromatic amines is 1. The molecule has 0 radical (unpaired) electrons. The summed E-state index contributed by atoms with van der Waals surface area (Å²) in [6.07, 6.45) is 1.79. The van der Waals surface area contributed by atoms with Gasteiger partial charge in [0.15, 0.2) is 11.5 Å². The Bertz CT molecular complexity index is 903. The molecule has 0 saturated heterocycles. The van der Waals surface area contributed by atoms with Crippen molar-refractivity contribution < 1.29 is 14.3 Å². The van der Waals surface area contributed by atoms with Gasteiger partial charge >= 0.3 is 0 Å². The van der Waals surface area contributed by atoms with Crippen molar-refractivity contribution in [3.05, 3.63) is 53.9 Å². The average molecular weight is 381 g/mol. The number of benzene rings is 2. The molecule has 0 unspecified atom stereocenters. The number of nitrogens with zero attached hydrogens (tertiary/aromatic N) is 1. The van der Waals surface area contributed by atoms with E-state index >= 15 is 0 Å². The zero-order chi connectivity index (χ0) is 19.9. The molecule has 0 fully saturated rings. The van der Waals surface area contributed by atoms with E-state index in [-0.39, 0.29) is 11.9 Å². The largest absolute Gasteiger partial charge is 0.490 e. The van der Waals surface area contributed by atoms with Crippen LogP contribution in [0.2, 0.25) is 0 Å². The summed E-state index contributed by atoms with van der Waals surface area (Å²) in [6.45, 7) is 7.18. The van der Waals surface area contributed by atoms with E-state index in [9.17, 15) is 4.79 Å². The minimum atomic E-state index is -0.254. The Balaban J connectivity index is 1.74. The van der Waals surface area contributed by atoms with Crippen LogP contribution in [0.1, 0.15) is 55.8 Å². The van der Waals surface area contributed by atoms with E-state index in [4.69, 9.17) is 9.47 Å². The summed E-state index contributed by atoms with van der Waals surface area (Å²) in [5.41, 5.74) is 2.36. The van der Waals surface area contributed by atoms with Gasteiger partial charge in [-0.05, 0) is 50.1 Å². The Hall–Kier alpha value is -3.02. The third kappa shape index (κ3) is 4.63. The van der Waals surface area contributed by atoms with Crippen LogP contribution in [0.25, 0.3) is 11.0 Å².